The van der Waals surface area contributed by atoms with Gasteiger partial charge >= 0.3 is 0 Å². The molecule has 3 nitrogen and oxygen atoms in total. The summed E-state index contributed by atoms with van der Waals surface area (Å²) < 4.78 is 6.38. The molecule has 0 aliphatic rings. The van der Waals surface area contributed by atoms with Gasteiger partial charge in [0.25, 0.3) is 0 Å². The number of benzene rings is 2. The summed E-state index contributed by atoms with van der Waals surface area (Å²) in [6.07, 6.45) is 0. The molecule has 0 atom stereocenters. The van der Waals surface area contributed by atoms with Crippen molar-refractivity contribution in [3.05, 3.63) is 53.6 Å². The van der Waals surface area contributed by atoms with Crippen LogP contribution in [0.25, 0.3) is 10.2 Å². The molecule has 4 heteroatoms. The topological polar surface area (TPSA) is 34.1 Å². The molecule has 1 heterocycles. The number of anilines is 1. The molecule has 2 aromatic carbocycles. The van der Waals surface area contributed by atoms with E-state index in [4.69, 9.17) is 4.74 Å². The molecule has 0 amide bonds. The van der Waals surface area contributed by atoms with Crippen LogP contribution in [0.3, 0.4) is 0 Å². The lowest BCUT2D eigenvalue weighted by molar-refractivity contribution is 0.414. The third-order valence-corrected chi connectivity index (χ3v) is 4.12. The van der Waals surface area contributed by atoms with Crippen LogP contribution in [0.1, 0.15) is 11.1 Å². The van der Waals surface area contributed by atoms with Gasteiger partial charge in [-0.25, -0.2) is 4.98 Å². The molecule has 1 aromatic heterocycles. The molecule has 0 spiro atoms. The predicted molar refractivity (Wildman–Crippen MR) is 84.7 cm³/mol. The first kappa shape index (κ1) is 12.9. The SMILES string of the molecule is COc1ccc(CNc2nc3ccc(C)cc3s2)cc1. The molecule has 0 aliphatic heterocycles. The van der Waals surface area contributed by atoms with E-state index in [1.165, 1.54) is 15.8 Å². The Morgan fingerprint density at radius 3 is 2.70 bits per heavy atom. The molecule has 102 valence electrons. The van der Waals surface area contributed by atoms with Gasteiger partial charge in [0.1, 0.15) is 5.75 Å². The maximum atomic E-state index is 5.15. The van der Waals surface area contributed by atoms with Crippen molar-refractivity contribution in [3.8, 4) is 5.75 Å². The number of ether oxygens (including phenoxy) is 1. The Morgan fingerprint density at radius 1 is 1.15 bits per heavy atom. The molecular weight excluding hydrogens is 268 g/mol. The van der Waals surface area contributed by atoms with Crippen molar-refractivity contribution in [2.24, 2.45) is 0 Å². The third kappa shape index (κ3) is 2.75. The lowest BCUT2D eigenvalue weighted by Crippen LogP contribution is -1.98. The zero-order chi connectivity index (χ0) is 13.9. The predicted octanol–water partition coefficient (Wildman–Crippen LogP) is 4.23. The maximum Gasteiger partial charge on any atom is 0.184 e. The fourth-order valence-corrected chi connectivity index (χ4v) is 2.99. The number of aromatic nitrogens is 1. The Balaban J connectivity index is 1.72. The highest BCUT2D eigenvalue weighted by Gasteiger charge is 2.03. The smallest absolute Gasteiger partial charge is 0.184 e. The van der Waals surface area contributed by atoms with Crippen LogP contribution < -0.4 is 10.1 Å². The minimum atomic E-state index is 0.767. The molecule has 3 aromatic rings. The molecule has 0 unspecified atom stereocenters. The Hall–Kier alpha value is -2.07. The Bertz CT molecular complexity index is 719. The van der Waals surface area contributed by atoms with E-state index in [-0.39, 0.29) is 0 Å². The summed E-state index contributed by atoms with van der Waals surface area (Å²) in [6, 6.07) is 14.4. The zero-order valence-electron chi connectivity index (χ0n) is 11.5. The van der Waals surface area contributed by atoms with Gasteiger partial charge in [-0.05, 0) is 42.3 Å². The fraction of sp³-hybridized carbons (Fsp3) is 0.188. The lowest BCUT2D eigenvalue weighted by atomic mass is 10.2. The number of fused-ring (bicyclic) bond motifs is 1. The minimum absolute atomic E-state index is 0.767. The molecular formula is C16H16N2OS. The number of methoxy groups -OCH3 is 1. The summed E-state index contributed by atoms with van der Waals surface area (Å²) in [6.45, 7) is 2.87. The Kier molecular flexibility index (Phi) is 3.56. The van der Waals surface area contributed by atoms with E-state index in [0.29, 0.717) is 0 Å². The normalized spacial score (nSPS) is 10.7. The van der Waals surface area contributed by atoms with Crippen LogP contribution in [0.5, 0.6) is 5.75 Å². The first-order chi connectivity index (χ1) is 9.74. The summed E-state index contributed by atoms with van der Waals surface area (Å²) in [5.74, 6) is 0.879. The van der Waals surface area contributed by atoms with Crippen LogP contribution in [0.15, 0.2) is 42.5 Å². The molecule has 0 saturated heterocycles. The molecule has 3 rings (SSSR count). The molecule has 0 saturated carbocycles. The molecule has 0 fully saturated rings. The second-order valence-corrected chi connectivity index (χ2v) is 5.72. The minimum Gasteiger partial charge on any atom is -0.497 e. The van der Waals surface area contributed by atoms with Crippen molar-refractivity contribution in [1.29, 1.82) is 0 Å². The van der Waals surface area contributed by atoms with Crippen molar-refractivity contribution < 1.29 is 4.74 Å². The number of thiazole rings is 1. The van der Waals surface area contributed by atoms with Gasteiger partial charge in [0, 0.05) is 6.54 Å². The third-order valence-electron chi connectivity index (χ3n) is 3.15. The van der Waals surface area contributed by atoms with Gasteiger partial charge in [0.05, 0.1) is 17.3 Å². The highest BCUT2D eigenvalue weighted by molar-refractivity contribution is 7.22. The quantitative estimate of drug-likeness (QED) is 0.778. The van der Waals surface area contributed by atoms with E-state index in [0.717, 1.165) is 22.9 Å². The highest BCUT2D eigenvalue weighted by Crippen LogP contribution is 2.27. The first-order valence-corrected chi connectivity index (χ1v) is 7.30. The van der Waals surface area contributed by atoms with E-state index < -0.39 is 0 Å². The molecule has 0 bridgehead atoms. The maximum absolute atomic E-state index is 5.15. The van der Waals surface area contributed by atoms with E-state index in [1.807, 2.05) is 12.1 Å². The average Bonchev–Trinajstić information content (AvgIpc) is 2.87. The van der Waals surface area contributed by atoms with E-state index in [1.54, 1.807) is 18.4 Å². The monoisotopic (exact) mass is 284 g/mol. The number of rotatable bonds is 4. The van der Waals surface area contributed by atoms with Crippen LogP contribution in [-0.2, 0) is 6.54 Å². The zero-order valence-corrected chi connectivity index (χ0v) is 12.3. The highest BCUT2D eigenvalue weighted by atomic mass is 32.1. The molecule has 0 radical (unpaired) electrons. The molecule has 1 N–H and O–H groups in total. The van der Waals surface area contributed by atoms with Crippen LogP contribution in [0, 0.1) is 6.92 Å². The van der Waals surface area contributed by atoms with Crippen LogP contribution in [0.2, 0.25) is 0 Å². The molecule has 20 heavy (non-hydrogen) atoms. The van der Waals surface area contributed by atoms with Gasteiger partial charge in [-0.2, -0.15) is 0 Å². The van der Waals surface area contributed by atoms with Gasteiger partial charge in [0.2, 0.25) is 0 Å². The van der Waals surface area contributed by atoms with Crippen LogP contribution in [-0.4, -0.2) is 12.1 Å². The second kappa shape index (κ2) is 5.51. The van der Waals surface area contributed by atoms with Crippen LogP contribution >= 0.6 is 11.3 Å². The van der Waals surface area contributed by atoms with Crippen molar-refractivity contribution in [3.63, 3.8) is 0 Å². The van der Waals surface area contributed by atoms with Crippen LogP contribution in [0.4, 0.5) is 5.13 Å². The van der Waals surface area contributed by atoms with Crippen molar-refractivity contribution >= 4 is 26.7 Å². The standard InChI is InChI=1S/C16H16N2OS/c1-11-3-8-14-15(9-11)20-16(18-14)17-10-12-4-6-13(19-2)7-5-12/h3-9H,10H2,1-2H3,(H,17,18). The number of aryl methyl sites for hydroxylation is 1. The average molecular weight is 284 g/mol. The molecule has 0 aliphatic carbocycles. The summed E-state index contributed by atoms with van der Waals surface area (Å²) in [4.78, 5) is 4.59. The summed E-state index contributed by atoms with van der Waals surface area (Å²) >= 11 is 1.69. The number of nitrogens with one attached hydrogen (secondary N) is 1. The van der Waals surface area contributed by atoms with Crippen molar-refractivity contribution in [1.82, 2.24) is 4.98 Å². The van der Waals surface area contributed by atoms with E-state index in [2.05, 4.69) is 47.6 Å². The van der Waals surface area contributed by atoms with Crippen molar-refractivity contribution in [2.75, 3.05) is 12.4 Å². The fourth-order valence-electron chi connectivity index (χ4n) is 2.03. The van der Waals surface area contributed by atoms with Gasteiger partial charge in [0.15, 0.2) is 5.13 Å². The lowest BCUT2D eigenvalue weighted by Gasteiger charge is -2.04. The number of nitrogens with zero attached hydrogens (tertiary/aromatic N) is 1. The van der Waals surface area contributed by atoms with Gasteiger partial charge in [-0.1, -0.05) is 29.5 Å². The largest absolute Gasteiger partial charge is 0.497 e. The van der Waals surface area contributed by atoms with Crippen molar-refractivity contribution in [2.45, 2.75) is 13.5 Å². The Labute approximate surface area is 122 Å². The first-order valence-electron chi connectivity index (χ1n) is 6.48. The number of hydrogen-bond acceptors (Lipinski definition) is 4. The summed E-state index contributed by atoms with van der Waals surface area (Å²) in [7, 11) is 1.68. The van der Waals surface area contributed by atoms with Gasteiger partial charge in [-0.3, -0.25) is 0 Å². The van der Waals surface area contributed by atoms with Gasteiger partial charge in [-0.15, -0.1) is 0 Å². The van der Waals surface area contributed by atoms with E-state index in [9.17, 15) is 0 Å². The Morgan fingerprint density at radius 2 is 1.95 bits per heavy atom. The summed E-state index contributed by atoms with van der Waals surface area (Å²) in [5.41, 5.74) is 3.53. The summed E-state index contributed by atoms with van der Waals surface area (Å²) in [5, 5.41) is 4.33. The van der Waals surface area contributed by atoms with Gasteiger partial charge < -0.3 is 10.1 Å². The number of hydrogen-bond donors (Lipinski definition) is 1. The van der Waals surface area contributed by atoms with E-state index >= 15 is 0 Å². The second-order valence-electron chi connectivity index (χ2n) is 4.69.